The summed E-state index contributed by atoms with van der Waals surface area (Å²) in [5, 5.41) is 18.7. The molecule has 1 unspecified atom stereocenters. The molecule has 0 saturated heterocycles. The molecule has 1 rings (SSSR count). The maximum atomic E-state index is 12.3. The zero-order valence-electron chi connectivity index (χ0n) is 9.19. The van der Waals surface area contributed by atoms with Crippen molar-refractivity contribution in [3.8, 4) is 5.75 Å². The summed E-state index contributed by atoms with van der Waals surface area (Å²) in [7, 11) is 3.60. The summed E-state index contributed by atoms with van der Waals surface area (Å²) >= 11 is 0. The maximum absolute atomic E-state index is 12.3. The lowest BCUT2D eigenvalue weighted by molar-refractivity contribution is -0.00585. The third-order valence-corrected chi connectivity index (χ3v) is 2.17. The number of alkyl halides is 2. The van der Waals surface area contributed by atoms with Gasteiger partial charge < -0.3 is 15.1 Å². The molecule has 2 N–H and O–H groups in total. The first-order valence-corrected chi connectivity index (χ1v) is 4.84. The van der Waals surface area contributed by atoms with E-state index in [9.17, 15) is 19.0 Å². The fourth-order valence-electron chi connectivity index (χ4n) is 1.40. The Labute approximate surface area is 92.9 Å². The van der Waals surface area contributed by atoms with Crippen LogP contribution in [0.5, 0.6) is 5.75 Å². The summed E-state index contributed by atoms with van der Waals surface area (Å²) < 4.78 is 24.6. The van der Waals surface area contributed by atoms with Crippen molar-refractivity contribution in [2.45, 2.75) is 19.1 Å². The van der Waals surface area contributed by atoms with Crippen LogP contribution in [0.4, 0.5) is 8.78 Å². The minimum atomic E-state index is -2.82. The molecule has 1 atom stereocenters. The van der Waals surface area contributed by atoms with Gasteiger partial charge in [-0.2, -0.15) is 0 Å². The number of rotatable bonds is 4. The normalized spacial score (nSPS) is 13.4. The smallest absolute Gasteiger partial charge is 0.268 e. The van der Waals surface area contributed by atoms with Crippen molar-refractivity contribution < 1.29 is 19.0 Å². The number of phenolic OH excluding ortho intramolecular Hbond substituents is 1. The largest absolute Gasteiger partial charge is 0.508 e. The first kappa shape index (κ1) is 12.9. The molecule has 90 valence electrons. The first-order chi connectivity index (χ1) is 7.41. The predicted octanol–water partition coefficient (Wildman–Crippen LogP) is 1.75. The molecule has 0 aliphatic carbocycles. The molecule has 0 spiro atoms. The molecule has 0 aromatic heterocycles. The number of aliphatic hydroxyl groups is 1. The fraction of sp³-hybridized carbons (Fsp3) is 0.455. The van der Waals surface area contributed by atoms with E-state index in [0.717, 1.165) is 0 Å². The molecule has 3 nitrogen and oxygen atoms in total. The highest BCUT2D eigenvalue weighted by atomic mass is 19.3. The number of phenols is 1. The number of halogens is 2. The van der Waals surface area contributed by atoms with E-state index < -0.39 is 12.5 Å². The molecule has 0 aliphatic heterocycles. The summed E-state index contributed by atoms with van der Waals surface area (Å²) in [5.74, 6) is 0.0407. The molecule has 0 amide bonds. The molecular formula is C11H15F2NO2. The zero-order chi connectivity index (χ0) is 12.3. The quantitative estimate of drug-likeness (QED) is 0.829. The average Bonchev–Trinajstić information content (AvgIpc) is 2.19. The molecule has 1 aromatic rings. The van der Waals surface area contributed by atoms with Crippen molar-refractivity contribution in [2.24, 2.45) is 0 Å². The van der Waals surface area contributed by atoms with E-state index in [-0.39, 0.29) is 11.3 Å². The van der Waals surface area contributed by atoms with Gasteiger partial charge in [0.05, 0.1) is 0 Å². The van der Waals surface area contributed by atoms with E-state index in [1.807, 2.05) is 0 Å². The van der Waals surface area contributed by atoms with Crippen molar-refractivity contribution >= 4 is 0 Å². The van der Waals surface area contributed by atoms with Crippen molar-refractivity contribution in [3.05, 3.63) is 29.3 Å². The monoisotopic (exact) mass is 231 g/mol. The Hall–Kier alpha value is -1.20. The number of hydrogen-bond acceptors (Lipinski definition) is 3. The van der Waals surface area contributed by atoms with E-state index in [1.54, 1.807) is 19.0 Å². The standard InChI is InChI=1S/C11H15F2NO2/c1-14(2)6-8-5-7(3-4-9(8)15)10(16)11(12)13/h3-5,10-11,15-16H,6H2,1-2H3. The van der Waals surface area contributed by atoms with Crippen LogP contribution in [0.2, 0.25) is 0 Å². The number of benzene rings is 1. The van der Waals surface area contributed by atoms with Gasteiger partial charge in [-0.3, -0.25) is 0 Å². The Morgan fingerprint density at radius 1 is 1.31 bits per heavy atom. The second-order valence-corrected chi connectivity index (χ2v) is 3.91. The van der Waals surface area contributed by atoms with Gasteiger partial charge in [-0.25, -0.2) is 8.78 Å². The minimum absolute atomic E-state index is 0.0407. The Bertz CT molecular complexity index is 356. The van der Waals surface area contributed by atoms with Gasteiger partial charge >= 0.3 is 0 Å². The summed E-state index contributed by atoms with van der Waals surface area (Å²) in [6.45, 7) is 0.426. The molecule has 16 heavy (non-hydrogen) atoms. The fourth-order valence-corrected chi connectivity index (χ4v) is 1.40. The first-order valence-electron chi connectivity index (χ1n) is 4.84. The molecule has 1 aromatic carbocycles. The van der Waals surface area contributed by atoms with E-state index in [0.29, 0.717) is 12.1 Å². The molecule has 0 saturated carbocycles. The third-order valence-electron chi connectivity index (χ3n) is 2.17. The Morgan fingerprint density at radius 2 is 1.94 bits per heavy atom. The topological polar surface area (TPSA) is 43.7 Å². The second-order valence-electron chi connectivity index (χ2n) is 3.91. The van der Waals surface area contributed by atoms with Crippen molar-refractivity contribution in [2.75, 3.05) is 14.1 Å². The zero-order valence-corrected chi connectivity index (χ0v) is 9.19. The van der Waals surface area contributed by atoms with Crippen LogP contribution in [0.1, 0.15) is 17.2 Å². The number of nitrogens with zero attached hydrogens (tertiary/aromatic N) is 1. The molecular weight excluding hydrogens is 216 g/mol. The van der Waals surface area contributed by atoms with Crippen LogP contribution in [0.3, 0.4) is 0 Å². The highest BCUT2D eigenvalue weighted by Crippen LogP contribution is 2.26. The molecule has 0 radical (unpaired) electrons. The number of aliphatic hydroxyl groups excluding tert-OH is 1. The molecule has 5 heteroatoms. The molecule has 0 bridgehead atoms. The summed E-state index contributed by atoms with van der Waals surface area (Å²) in [6.07, 6.45) is -4.63. The van der Waals surface area contributed by atoms with E-state index in [1.165, 1.54) is 18.2 Å². The van der Waals surface area contributed by atoms with Crippen LogP contribution in [-0.4, -0.2) is 35.6 Å². The van der Waals surface area contributed by atoms with Crippen molar-refractivity contribution in [1.82, 2.24) is 4.90 Å². The van der Waals surface area contributed by atoms with Gasteiger partial charge in [-0.1, -0.05) is 6.07 Å². The van der Waals surface area contributed by atoms with Crippen LogP contribution in [-0.2, 0) is 6.54 Å². The summed E-state index contributed by atoms with van der Waals surface area (Å²) in [5.41, 5.74) is 0.631. The molecule has 0 fully saturated rings. The van der Waals surface area contributed by atoms with E-state index in [2.05, 4.69) is 0 Å². The lowest BCUT2D eigenvalue weighted by atomic mass is 10.0. The van der Waals surface area contributed by atoms with Gasteiger partial charge in [-0.15, -0.1) is 0 Å². The van der Waals surface area contributed by atoms with Gasteiger partial charge in [-0.05, 0) is 31.8 Å². The van der Waals surface area contributed by atoms with Crippen LogP contribution in [0.25, 0.3) is 0 Å². The molecule has 0 aliphatic rings. The second kappa shape index (κ2) is 5.23. The summed E-state index contributed by atoms with van der Waals surface area (Å²) in [6, 6.07) is 4.01. The highest BCUT2D eigenvalue weighted by molar-refractivity contribution is 5.37. The van der Waals surface area contributed by atoms with Gasteiger partial charge in [0.15, 0.2) is 0 Å². The van der Waals surface area contributed by atoms with E-state index in [4.69, 9.17) is 0 Å². The van der Waals surface area contributed by atoms with Crippen molar-refractivity contribution in [3.63, 3.8) is 0 Å². The highest BCUT2D eigenvalue weighted by Gasteiger charge is 2.20. The van der Waals surface area contributed by atoms with Crippen LogP contribution in [0, 0.1) is 0 Å². The number of aromatic hydroxyl groups is 1. The van der Waals surface area contributed by atoms with Gasteiger partial charge in [0.25, 0.3) is 6.43 Å². The third kappa shape index (κ3) is 3.15. The Balaban J connectivity index is 2.97. The van der Waals surface area contributed by atoms with Crippen molar-refractivity contribution in [1.29, 1.82) is 0 Å². The SMILES string of the molecule is CN(C)Cc1cc(C(O)C(F)F)ccc1O. The summed E-state index contributed by atoms with van der Waals surface area (Å²) in [4.78, 5) is 1.80. The lowest BCUT2D eigenvalue weighted by Gasteiger charge is -2.15. The Morgan fingerprint density at radius 3 is 2.44 bits per heavy atom. The van der Waals surface area contributed by atoms with Crippen LogP contribution >= 0.6 is 0 Å². The van der Waals surface area contributed by atoms with Gasteiger partial charge in [0.2, 0.25) is 0 Å². The van der Waals surface area contributed by atoms with Gasteiger partial charge in [0.1, 0.15) is 11.9 Å². The van der Waals surface area contributed by atoms with Crippen LogP contribution < -0.4 is 0 Å². The maximum Gasteiger partial charge on any atom is 0.268 e. The van der Waals surface area contributed by atoms with E-state index >= 15 is 0 Å². The minimum Gasteiger partial charge on any atom is -0.508 e. The predicted molar refractivity (Wildman–Crippen MR) is 56.5 cm³/mol. The van der Waals surface area contributed by atoms with Gasteiger partial charge in [0, 0.05) is 12.1 Å². The average molecular weight is 231 g/mol. The van der Waals surface area contributed by atoms with Crippen LogP contribution in [0.15, 0.2) is 18.2 Å². The lowest BCUT2D eigenvalue weighted by Crippen LogP contribution is -2.12. The molecule has 0 heterocycles. The Kier molecular flexibility index (Phi) is 4.20. The number of hydrogen-bond donors (Lipinski definition) is 2.